The van der Waals surface area contributed by atoms with E-state index in [-0.39, 0.29) is 5.56 Å². The van der Waals surface area contributed by atoms with Gasteiger partial charge in [0, 0.05) is 11.6 Å². The molecule has 1 rings (SSSR count). The number of halogens is 5. The van der Waals surface area contributed by atoms with E-state index in [0.29, 0.717) is 0 Å². The highest BCUT2D eigenvalue weighted by Crippen LogP contribution is 2.43. The molecule has 0 bridgehead atoms. The molecule has 1 aromatic rings. The Morgan fingerprint density at radius 3 is 2.25 bits per heavy atom. The molecule has 0 saturated carbocycles. The zero-order valence-electron chi connectivity index (χ0n) is 5.62. The predicted octanol–water partition coefficient (Wildman–Crippen LogP) is 4.10. The molecule has 0 aliphatic heterocycles. The fourth-order valence-corrected chi connectivity index (χ4v) is 1.52. The minimum absolute atomic E-state index is 0.144. The molecule has 0 aliphatic carbocycles. The summed E-state index contributed by atoms with van der Waals surface area (Å²) in [4.78, 5) is 0. The van der Waals surface area contributed by atoms with E-state index in [1.165, 1.54) is 6.07 Å². The van der Waals surface area contributed by atoms with E-state index in [2.05, 4.69) is 31.9 Å². The number of hydrogen-bond donors (Lipinski definition) is 0. The van der Waals surface area contributed by atoms with Gasteiger partial charge in [0.2, 0.25) is 0 Å². The first-order valence-electron chi connectivity index (χ1n) is 2.93. The minimum Gasteiger partial charge on any atom is -0.207 e. The van der Waals surface area contributed by atoms with Gasteiger partial charge in [0.25, 0.3) is 0 Å². The Bertz CT molecular complexity index is 296. The van der Waals surface area contributed by atoms with Crippen LogP contribution in [0.1, 0.15) is 5.56 Å². The third kappa shape index (κ3) is 2.41. The number of rotatable bonds is 1. The SMILES string of the molecule is Fc1ccc(C(Cl)(Br)Br)c(F)c1. The summed E-state index contributed by atoms with van der Waals surface area (Å²) in [6.07, 6.45) is 0. The Morgan fingerprint density at radius 2 is 1.83 bits per heavy atom. The lowest BCUT2D eigenvalue weighted by Gasteiger charge is -2.12. The zero-order valence-corrected chi connectivity index (χ0v) is 9.55. The summed E-state index contributed by atoms with van der Waals surface area (Å²) >= 11 is 11.7. The first kappa shape index (κ1) is 10.4. The lowest BCUT2D eigenvalue weighted by Crippen LogP contribution is -2.02. The van der Waals surface area contributed by atoms with Crippen LogP contribution in [0.4, 0.5) is 8.78 Å². The normalized spacial score (nSPS) is 11.8. The van der Waals surface area contributed by atoms with Gasteiger partial charge in [-0.2, -0.15) is 0 Å². The van der Waals surface area contributed by atoms with Gasteiger partial charge in [0.1, 0.15) is 11.6 Å². The molecule has 5 heteroatoms. The Morgan fingerprint density at radius 1 is 1.25 bits per heavy atom. The van der Waals surface area contributed by atoms with Crippen molar-refractivity contribution in [1.29, 1.82) is 0 Å². The molecule has 0 N–H and O–H groups in total. The van der Waals surface area contributed by atoms with Crippen LogP contribution in [0.25, 0.3) is 0 Å². The van der Waals surface area contributed by atoms with Crippen LogP contribution in [0.15, 0.2) is 18.2 Å². The van der Waals surface area contributed by atoms with Crippen LogP contribution in [0, 0.1) is 11.6 Å². The number of hydrogen-bond acceptors (Lipinski definition) is 0. The molecule has 0 radical (unpaired) electrons. The van der Waals surface area contributed by atoms with Gasteiger partial charge in [-0.15, -0.1) is 0 Å². The Hall–Kier alpha value is 0.330. The van der Waals surface area contributed by atoms with Crippen molar-refractivity contribution in [3.05, 3.63) is 35.4 Å². The molecule has 0 aromatic heterocycles. The second-order valence-corrected chi connectivity index (χ2v) is 7.05. The lowest BCUT2D eigenvalue weighted by molar-refractivity contribution is 0.575. The quantitative estimate of drug-likeness (QED) is 0.683. The lowest BCUT2D eigenvalue weighted by atomic mass is 10.2. The smallest absolute Gasteiger partial charge is 0.181 e. The van der Waals surface area contributed by atoms with Crippen molar-refractivity contribution >= 4 is 43.5 Å². The fraction of sp³-hybridized carbons (Fsp3) is 0.143. The van der Waals surface area contributed by atoms with Crippen molar-refractivity contribution in [2.75, 3.05) is 0 Å². The molecule has 0 spiro atoms. The molecule has 0 fully saturated rings. The van der Waals surface area contributed by atoms with E-state index in [4.69, 9.17) is 11.6 Å². The van der Waals surface area contributed by atoms with E-state index in [1.807, 2.05) is 0 Å². The summed E-state index contributed by atoms with van der Waals surface area (Å²) in [5, 5.41) is 0. The molecule has 0 amide bonds. The Kier molecular flexibility index (Phi) is 3.12. The number of alkyl halides is 3. The maximum atomic E-state index is 13.0. The summed E-state index contributed by atoms with van der Waals surface area (Å²) in [5.74, 6) is -1.32. The molecule has 0 heterocycles. The summed E-state index contributed by atoms with van der Waals surface area (Å²) in [5.41, 5.74) is 0.144. The van der Waals surface area contributed by atoms with E-state index in [9.17, 15) is 8.78 Å². The van der Waals surface area contributed by atoms with Crippen LogP contribution in [-0.2, 0) is 2.69 Å². The van der Waals surface area contributed by atoms with Gasteiger partial charge in [0.15, 0.2) is 2.69 Å². The largest absolute Gasteiger partial charge is 0.207 e. The van der Waals surface area contributed by atoms with Gasteiger partial charge in [-0.05, 0) is 44.0 Å². The molecule has 12 heavy (non-hydrogen) atoms. The molecule has 0 saturated heterocycles. The second-order valence-electron chi connectivity index (χ2n) is 2.12. The molecule has 0 aliphatic rings. The Balaban J connectivity index is 3.19. The molecule has 0 unspecified atom stereocenters. The maximum absolute atomic E-state index is 13.0. The van der Waals surface area contributed by atoms with Crippen molar-refractivity contribution in [2.45, 2.75) is 2.69 Å². The van der Waals surface area contributed by atoms with Crippen LogP contribution >= 0.6 is 43.5 Å². The van der Waals surface area contributed by atoms with Crippen molar-refractivity contribution < 1.29 is 8.78 Å². The van der Waals surface area contributed by atoms with Gasteiger partial charge in [-0.1, -0.05) is 11.6 Å². The first-order chi connectivity index (χ1) is 5.41. The van der Waals surface area contributed by atoms with Gasteiger partial charge in [-0.25, -0.2) is 8.78 Å². The van der Waals surface area contributed by atoms with Gasteiger partial charge >= 0.3 is 0 Å². The van der Waals surface area contributed by atoms with E-state index in [1.54, 1.807) is 0 Å². The topological polar surface area (TPSA) is 0 Å². The van der Waals surface area contributed by atoms with E-state index in [0.717, 1.165) is 12.1 Å². The van der Waals surface area contributed by atoms with Crippen molar-refractivity contribution in [1.82, 2.24) is 0 Å². The second kappa shape index (κ2) is 3.60. The highest BCUT2D eigenvalue weighted by molar-refractivity contribution is 9.25. The van der Waals surface area contributed by atoms with Crippen LogP contribution in [-0.4, -0.2) is 0 Å². The molecular formula is C7H3Br2ClF2. The molecular weight excluding hydrogens is 317 g/mol. The van der Waals surface area contributed by atoms with Crippen LogP contribution in [0.3, 0.4) is 0 Å². The highest BCUT2D eigenvalue weighted by atomic mass is 79.9. The van der Waals surface area contributed by atoms with Crippen molar-refractivity contribution in [2.24, 2.45) is 0 Å². The summed E-state index contributed by atoms with van der Waals surface area (Å²) in [6.45, 7) is 0. The third-order valence-corrected chi connectivity index (χ3v) is 2.29. The first-order valence-corrected chi connectivity index (χ1v) is 4.90. The zero-order chi connectivity index (χ0) is 9.35. The maximum Gasteiger partial charge on any atom is 0.181 e. The minimum atomic E-state index is -1.17. The monoisotopic (exact) mass is 318 g/mol. The number of benzene rings is 1. The fourth-order valence-electron chi connectivity index (χ4n) is 0.719. The van der Waals surface area contributed by atoms with E-state index < -0.39 is 14.3 Å². The third-order valence-electron chi connectivity index (χ3n) is 1.24. The van der Waals surface area contributed by atoms with E-state index >= 15 is 0 Å². The molecule has 0 atom stereocenters. The van der Waals surface area contributed by atoms with Crippen LogP contribution < -0.4 is 0 Å². The average molecular weight is 320 g/mol. The van der Waals surface area contributed by atoms with Gasteiger partial charge in [-0.3, -0.25) is 0 Å². The average Bonchev–Trinajstić information content (AvgIpc) is 1.83. The standard InChI is InChI=1S/C7H3Br2ClF2/c8-7(9,10)5-2-1-4(11)3-6(5)12/h1-3H. The summed E-state index contributed by atoms with van der Waals surface area (Å²) in [6, 6.07) is 3.17. The van der Waals surface area contributed by atoms with Crippen LogP contribution in [0.2, 0.25) is 0 Å². The molecule has 1 aromatic carbocycles. The highest BCUT2D eigenvalue weighted by Gasteiger charge is 2.25. The summed E-state index contributed by atoms with van der Waals surface area (Å²) < 4.78 is 24.2. The van der Waals surface area contributed by atoms with Crippen molar-refractivity contribution in [3.8, 4) is 0 Å². The van der Waals surface area contributed by atoms with Gasteiger partial charge < -0.3 is 0 Å². The molecule has 0 nitrogen and oxygen atoms in total. The van der Waals surface area contributed by atoms with Gasteiger partial charge in [0.05, 0.1) is 0 Å². The molecule has 66 valence electrons. The Labute approximate surface area is 90.2 Å². The predicted molar refractivity (Wildman–Crippen MR) is 51.7 cm³/mol. The summed E-state index contributed by atoms with van der Waals surface area (Å²) in [7, 11) is 0. The van der Waals surface area contributed by atoms with Crippen molar-refractivity contribution in [3.63, 3.8) is 0 Å². The van der Waals surface area contributed by atoms with Crippen LogP contribution in [0.5, 0.6) is 0 Å².